The van der Waals surface area contributed by atoms with Gasteiger partial charge in [0, 0.05) is 36.8 Å². The molecule has 1 amide bonds. The van der Waals surface area contributed by atoms with E-state index in [9.17, 15) is 13.2 Å². The highest BCUT2D eigenvalue weighted by Gasteiger charge is 2.29. The van der Waals surface area contributed by atoms with Crippen LogP contribution in [0.1, 0.15) is 31.7 Å². The Kier molecular flexibility index (Phi) is 8.16. The summed E-state index contributed by atoms with van der Waals surface area (Å²) in [5.74, 6) is 0.324. The fourth-order valence-corrected chi connectivity index (χ4v) is 5.47. The first-order chi connectivity index (χ1) is 14.8. The fourth-order valence-electron chi connectivity index (χ4n) is 3.59. The standard InChI is InChI=1S/C23H31N3O3S2/c1-4-18(2)19-8-10-22(11-9-19)31(28,29)26-14-12-25(13-15-26)17-23(27)24-20-6-5-7-21(16-20)30-3/h5-11,16,18H,4,12-15,17H2,1-3H3,(H,24,27). The van der Waals surface area contributed by atoms with E-state index in [1.165, 1.54) is 4.31 Å². The van der Waals surface area contributed by atoms with Crippen molar-refractivity contribution in [3.05, 3.63) is 54.1 Å². The van der Waals surface area contributed by atoms with Gasteiger partial charge in [-0.25, -0.2) is 8.42 Å². The topological polar surface area (TPSA) is 69.7 Å². The van der Waals surface area contributed by atoms with E-state index in [4.69, 9.17) is 0 Å². The molecular formula is C23H31N3O3S2. The molecule has 2 aromatic carbocycles. The summed E-state index contributed by atoms with van der Waals surface area (Å²) >= 11 is 1.63. The van der Waals surface area contributed by atoms with E-state index < -0.39 is 10.0 Å². The third-order valence-electron chi connectivity index (χ3n) is 5.75. The quantitative estimate of drug-likeness (QED) is 0.605. The molecule has 1 aliphatic rings. The average molecular weight is 462 g/mol. The van der Waals surface area contributed by atoms with Crippen LogP contribution < -0.4 is 5.32 Å². The highest BCUT2D eigenvalue weighted by Crippen LogP contribution is 2.23. The van der Waals surface area contributed by atoms with Gasteiger partial charge in [-0.1, -0.05) is 32.0 Å². The van der Waals surface area contributed by atoms with E-state index in [2.05, 4.69) is 19.2 Å². The Morgan fingerprint density at radius 2 is 1.77 bits per heavy atom. The molecule has 31 heavy (non-hydrogen) atoms. The summed E-state index contributed by atoms with van der Waals surface area (Å²) in [6.45, 7) is 6.33. The monoisotopic (exact) mass is 461 g/mol. The minimum absolute atomic E-state index is 0.0878. The van der Waals surface area contributed by atoms with Crippen LogP contribution in [0, 0.1) is 0 Å². The van der Waals surface area contributed by atoms with E-state index >= 15 is 0 Å². The predicted octanol–water partition coefficient (Wildman–Crippen LogP) is 3.87. The maximum absolute atomic E-state index is 13.0. The lowest BCUT2D eigenvalue weighted by atomic mass is 9.99. The summed E-state index contributed by atoms with van der Waals surface area (Å²) < 4.78 is 27.5. The van der Waals surface area contributed by atoms with Gasteiger partial charge in [0.05, 0.1) is 11.4 Å². The number of hydrogen-bond acceptors (Lipinski definition) is 5. The Balaban J connectivity index is 1.54. The van der Waals surface area contributed by atoms with Gasteiger partial charge in [-0.15, -0.1) is 11.8 Å². The number of piperazine rings is 1. The Hall–Kier alpha value is -1.87. The first kappa shape index (κ1) is 23.8. The van der Waals surface area contributed by atoms with Crippen LogP contribution in [0.2, 0.25) is 0 Å². The van der Waals surface area contributed by atoms with E-state index in [1.54, 1.807) is 23.9 Å². The van der Waals surface area contributed by atoms with E-state index in [-0.39, 0.29) is 12.5 Å². The molecule has 1 saturated heterocycles. The molecule has 6 nitrogen and oxygen atoms in total. The van der Waals surface area contributed by atoms with Gasteiger partial charge in [0.2, 0.25) is 15.9 Å². The van der Waals surface area contributed by atoms with Crippen molar-refractivity contribution >= 4 is 33.4 Å². The van der Waals surface area contributed by atoms with Gasteiger partial charge in [0.25, 0.3) is 0 Å². The molecule has 0 saturated carbocycles. The van der Waals surface area contributed by atoms with Crippen molar-refractivity contribution in [2.75, 3.05) is 44.3 Å². The van der Waals surface area contributed by atoms with Gasteiger partial charge in [-0.05, 0) is 54.5 Å². The summed E-state index contributed by atoms with van der Waals surface area (Å²) in [4.78, 5) is 15.8. The van der Waals surface area contributed by atoms with Crippen LogP contribution >= 0.6 is 11.8 Å². The number of amides is 1. The van der Waals surface area contributed by atoms with Crippen LogP contribution in [0.3, 0.4) is 0 Å². The van der Waals surface area contributed by atoms with Gasteiger partial charge in [-0.3, -0.25) is 9.69 Å². The molecule has 168 valence electrons. The van der Waals surface area contributed by atoms with Crippen LogP contribution in [-0.4, -0.2) is 62.5 Å². The lowest BCUT2D eigenvalue weighted by Gasteiger charge is -2.33. The molecule has 0 aliphatic carbocycles. The SMILES string of the molecule is CCC(C)c1ccc(S(=O)(=O)N2CCN(CC(=O)Nc3cccc(SC)c3)CC2)cc1. The summed E-state index contributed by atoms with van der Waals surface area (Å²) in [5, 5.41) is 2.92. The summed E-state index contributed by atoms with van der Waals surface area (Å²) in [5.41, 5.74) is 1.93. The smallest absolute Gasteiger partial charge is 0.243 e. The second-order valence-electron chi connectivity index (χ2n) is 7.84. The van der Waals surface area contributed by atoms with E-state index in [0.717, 1.165) is 22.6 Å². The maximum atomic E-state index is 13.0. The molecule has 8 heteroatoms. The van der Waals surface area contributed by atoms with Crippen molar-refractivity contribution in [2.24, 2.45) is 0 Å². The van der Waals surface area contributed by atoms with Crippen molar-refractivity contribution in [1.29, 1.82) is 0 Å². The number of carbonyl (C=O) groups excluding carboxylic acids is 1. The first-order valence-electron chi connectivity index (χ1n) is 10.6. The van der Waals surface area contributed by atoms with Gasteiger partial charge in [-0.2, -0.15) is 4.31 Å². The molecule has 1 aliphatic heterocycles. The van der Waals surface area contributed by atoms with Crippen LogP contribution in [0.5, 0.6) is 0 Å². The van der Waals surface area contributed by atoms with Crippen LogP contribution in [0.15, 0.2) is 58.3 Å². The fraction of sp³-hybridized carbons (Fsp3) is 0.435. The molecule has 0 bridgehead atoms. The van der Waals surface area contributed by atoms with Crippen molar-refractivity contribution in [2.45, 2.75) is 36.0 Å². The Morgan fingerprint density at radius 3 is 2.39 bits per heavy atom. The number of anilines is 1. The molecule has 0 spiro atoms. The van der Waals surface area contributed by atoms with Crippen molar-refractivity contribution in [3.8, 4) is 0 Å². The average Bonchev–Trinajstić information content (AvgIpc) is 2.79. The van der Waals surface area contributed by atoms with Crippen LogP contribution in [0.4, 0.5) is 5.69 Å². The second-order valence-corrected chi connectivity index (χ2v) is 10.7. The van der Waals surface area contributed by atoms with E-state index in [1.807, 2.05) is 47.6 Å². The van der Waals surface area contributed by atoms with Crippen LogP contribution in [-0.2, 0) is 14.8 Å². The third kappa shape index (κ3) is 6.10. The number of nitrogens with one attached hydrogen (secondary N) is 1. The van der Waals surface area contributed by atoms with Crippen molar-refractivity contribution in [1.82, 2.24) is 9.21 Å². The van der Waals surface area contributed by atoms with Crippen molar-refractivity contribution in [3.63, 3.8) is 0 Å². The maximum Gasteiger partial charge on any atom is 0.243 e. The lowest BCUT2D eigenvalue weighted by molar-refractivity contribution is -0.117. The summed E-state index contributed by atoms with van der Waals surface area (Å²) in [6, 6.07) is 15.0. The summed E-state index contributed by atoms with van der Waals surface area (Å²) in [6.07, 6.45) is 3.01. The molecule has 1 N–H and O–H groups in total. The highest BCUT2D eigenvalue weighted by molar-refractivity contribution is 7.98. The Morgan fingerprint density at radius 1 is 1.10 bits per heavy atom. The highest BCUT2D eigenvalue weighted by atomic mass is 32.2. The number of benzene rings is 2. The predicted molar refractivity (Wildman–Crippen MR) is 127 cm³/mol. The third-order valence-corrected chi connectivity index (χ3v) is 8.39. The zero-order valence-electron chi connectivity index (χ0n) is 18.4. The number of hydrogen-bond donors (Lipinski definition) is 1. The second kappa shape index (κ2) is 10.6. The minimum atomic E-state index is -3.52. The van der Waals surface area contributed by atoms with E-state index in [0.29, 0.717) is 37.0 Å². The Bertz CT molecular complexity index is 985. The largest absolute Gasteiger partial charge is 0.325 e. The zero-order valence-corrected chi connectivity index (χ0v) is 20.0. The molecule has 3 rings (SSSR count). The van der Waals surface area contributed by atoms with Crippen LogP contribution in [0.25, 0.3) is 0 Å². The summed E-state index contributed by atoms with van der Waals surface area (Å²) in [7, 11) is -3.52. The number of carbonyl (C=O) groups is 1. The van der Waals surface area contributed by atoms with Gasteiger partial charge < -0.3 is 5.32 Å². The lowest BCUT2D eigenvalue weighted by Crippen LogP contribution is -2.50. The molecule has 0 radical (unpaired) electrons. The van der Waals surface area contributed by atoms with Crippen molar-refractivity contribution < 1.29 is 13.2 Å². The van der Waals surface area contributed by atoms with Gasteiger partial charge >= 0.3 is 0 Å². The molecular weight excluding hydrogens is 430 g/mol. The zero-order chi connectivity index (χ0) is 22.4. The number of rotatable bonds is 8. The number of thioether (sulfide) groups is 1. The molecule has 2 aromatic rings. The molecule has 1 heterocycles. The number of nitrogens with zero attached hydrogens (tertiary/aromatic N) is 2. The first-order valence-corrected chi connectivity index (χ1v) is 13.3. The minimum Gasteiger partial charge on any atom is -0.325 e. The molecule has 0 aromatic heterocycles. The Labute approximate surface area is 190 Å². The molecule has 1 unspecified atom stereocenters. The van der Waals surface area contributed by atoms with Gasteiger partial charge in [0.1, 0.15) is 0 Å². The number of sulfonamides is 1. The molecule has 1 fully saturated rings. The molecule has 1 atom stereocenters. The van der Waals surface area contributed by atoms with Gasteiger partial charge in [0.15, 0.2) is 0 Å². The normalized spacial score (nSPS) is 16.7.